The maximum absolute atomic E-state index is 12.8. The van der Waals surface area contributed by atoms with E-state index in [0.717, 1.165) is 31.6 Å². The number of carbonyl (C=O) groups is 1. The van der Waals surface area contributed by atoms with Gasteiger partial charge in [-0.2, -0.15) is 0 Å². The second-order valence-electron chi connectivity index (χ2n) is 9.50. The van der Waals surface area contributed by atoms with Crippen molar-refractivity contribution in [1.82, 2.24) is 0 Å². The zero-order valence-electron chi connectivity index (χ0n) is 15.9. The van der Waals surface area contributed by atoms with Gasteiger partial charge in [-0.1, -0.05) is 30.7 Å². The summed E-state index contributed by atoms with van der Waals surface area (Å²) in [4.78, 5) is 12.8. The lowest BCUT2D eigenvalue weighted by molar-refractivity contribution is -0.145. The Kier molecular flexibility index (Phi) is 4.33. The molecule has 1 heteroatoms. The molecule has 6 atom stereocenters. The molecule has 0 aromatic heterocycles. The molecular weight excluding hydrogens is 304 g/mol. The van der Waals surface area contributed by atoms with Crippen LogP contribution < -0.4 is 0 Å². The van der Waals surface area contributed by atoms with E-state index >= 15 is 0 Å². The summed E-state index contributed by atoms with van der Waals surface area (Å²) >= 11 is 0. The number of Topliss-reactive ketones (excluding diaryl/α,β-unsaturated/α-hetero) is 1. The summed E-state index contributed by atoms with van der Waals surface area (Å²) in [7, 11) is 0. The standard InChI is InChI=1S/C24H34O/c1-4-13-24-15-11-17(5-2)16-18(24)9-10-19-20-7-6-8-22(25)23(20,3)14-12-21(19)24/h4-5,9,17,19-21H,1-2,6-8,10-16H2,3H3/t17-,19?,20?,21?,23?,24?/m0/s1. The molecule has 0 heterocycles. The molecule has 4 aliphatic carbocycles. The molecule has 0 bridgehead atoms. The Labute approximate surface area is 153 Å². The van der Waals surface area contributed by atoms with Gasteiger partial charge in [-0.3, -0.25) is 4.79 Å². The van der Waals surface area contributed by atoms with Crippen LogP contribution in [-0.2, 0) is 4.79 Å². The third kappa shape index (κ3) is 2.45. The van der Waals surface area contributed by atoms with Crippen molar-refractivity contribution in [3.63, 3.8) is 0 Å². The van der Waals surface area contributed by atoms with E-state index in [1.165, 1.54) is 38.5 Å². The zero-order valence-corrected chi connectivity index (χ0v) is 15.9. The predicted molar refractivity (Wildman–Crippen MR) is 104 cm³/mol. The van der Waals surface area contributed by atoms with Gasteiger partial charge in [0.25, 0.3) is 0 Å². The molecule has 0 amide bonds. The first-order valence-electron chi connectivity index (χ1n) is 10.5. The lowest BCUT2D eigenvalue weighted by Gasteiger charge is -2.60. The molecule has 4 aliphatic rings. The van der Waals surface area contributed by atoms with E-state index in [4.69, 9.17) is 0 Å². The molecule has 25 heavy (non-hydrogen) atoms. The van der Waals surface area contributed by atoms with Gasteiger partial charge in [-0.15, -0.1) is 13.2 Å². The van der Waals surface area contributed by atoms with Crippen molar-refractivity contribution in [2.24, 2.45) is 34.5 Å². The van der Waals surface area contributed by atoms with E-state index in [1.54, 1.807) is 5.57 Å². The van der Waals surface area contributed by atoms with Crippen molar-refractivity contribution < 1.29 is 4.79 Å². The maximum atomic E-state index is 12.8. The summed E-state index contributed by atoms with van der Waals surface area (Å²) in [6, 6.07) is 0. The summed E-state index contributed by atoms with van der Waals surface area (Å²) in [5, 5.41) is 0. The lowest BCUT2D eigenvalue weighted by Crippen LogP contribution is -2.54. The molecule has 0 radical (unpaired) electrons. The van der Waals surface area contributed by atoms with Crippen molar-refractivity contribution in [2.45, 2.75) is 71.1 Å². The van der Waals surface area contributed by atoms with Crippen LogP contribution in [0.4, 0.5) is 0 Å². The fraction of sp³-hybridized carbons (Fsp3) is 0.708. The lowest BCUT2D eigenvalue weighted by atomic mass is 9.44. The van der Waals surface area contributed by atoms with E-state index in [9.17, 15) is 4.79 Å². The second kappa shape index (κ2) is 6.25. The molecule has 0 spiro atoms. The largest absolute Gasteiger partial charge is 0.299 e. The van der Waals surface area contributed by atoms with Crippen molar-refractivity contribution >= 4 is 5.78 Å². The highest BCUT2D eigenvalue weighted by molar-refractivity contribution is 5.85. The van der Waals surface area contributed by atoms with Gasteiger partial charge >= 0.3 is 0 Å². The monoisotopic (exact) mass is 338 g/mol. The normalized spacial score (nSPS) is 46.3. The van der Waals surface area contributed by atoms with Crippen LogP contribution in [0.25, 0.3) is 0 Å². The van der Waals surface area contributed by atoms with Crippen LogP contribution in [0.15, 0.2) is 37.0 Å². The first-order valence-corrected chi connectivity index (χ1v) is 10.5. The van der Waals surface area contributed by atoms with Crippen molar-refractivity contribution in [2.75, 3.05) is 0 Å². The summed E-state index contributed by atoms with van der Waals surface area (Å²) in [6.07, 6.45) is 18.6. The Morgan fingerprint density at radius 3 is 2.80 bits per heavy atom. The number of ketones is 1. The Morgan fingerprint density at radius 1 is 1.20 bits per heavy atom. The van der Waals surface area contributed by atoms with Gasteiger partial charge in [0.1, 0.15) is 5.78 Å². The van der Waals surface area contributed by atoms with E-state index in [-0.39, 0.29) is 5.41 Å². The van der Waals surface area contributed by atoms with Crippen molar-refractivity contribution in [1.29, 1.82) is 0 Å². The zero-order chi connectivity index (χ0) is 17.7. The van der Waals surface area contributed by atoms with E-state index in [1.807, 2.05) is 0 Å². The molecule has 3 saturated carbocycles. The van der Waals surface area contributed by atoms with Gasteiger partial charge < -0.3 is 0 Å². The van der Waals surface area contributed by atoms with Gasteiger partial charge in [0.2, 0.25) is 0 Å². The molecule has 0 aliphatic heterocycles. The maximum Gasteiger partial charge on any atom is 0.139 e. The molecule has 0 N–H and O–H groups in total. The fourth-order valence-electron chi connectivity index (χ4n) is 7.29. The molecule has 0 aromatic rings. The number of hydrogen-bond acceptors (Lipinski definition) is 1. The topological polar surface area (TPSA) is 17.1 Å². The molecule has 136 valence electrons. The minimum Gasteiger partial charge on any atom is -0.299 e. The summed E-state index contributed by atoms with van der Waals surface area (Å²) in [5.74, 6) is 3.31. The quantitative estimate of drug-likeness (QED) is 0.554. The first-order chi connectivity index (χ1) is 12.0. The Balaban J connectivity index is 1.71. The molecule has 1 nitrogen and oxygen atoms in total. The van der Waals surface area contributed by atoms with Crippen molar-refractivity contribution in [3.8, 4) is 0 Å². The Bertz CT molecular complexity index is 614. The van der Waals surface area contributed by atoms with Crippen molar-refractivity contribution in [3.05, 3.63) is 37.0 Å². The molecular formula is C24H34O. The SMILES string of the molecule is C=CCC12CC[C@H](C=C)CC1=CCC1C3CCCC(=O)C3(C)CCC12. The number of allylic oxidation sites excluding steroid dienone is 4. The minimum absolute atomic E-state index is 0.0293. The van der Waals surface area contributed by atoms with Gasteiger partial charge in [0.15, 0.2) is 0 Å². The number of fused-ring (bicyclic) bond motifs is 5. The molecule has 0 aromatic carbocycles. The molecule has 0 saturated heterocycles. The molecule has 3 fully saturated rings. The fourth-order valence-corrected chi connectivity index (χ4v) is 7.29. The predicted octanol–water partition coefficient (Wildman–Crippen LogP) is 6.27. The van der Waals surface area contributed by atoms with E-state index in [2.05, 4.69) is 38.3 Å². The second-order valence-corrected chi connectivity index (χ2v) is 9.50. The number of rotatable bonds is 3. The van der Waals surface area contributed by atoms with Crippen LogP contribution in [0, 0.1) is 34.5 Å². The van der Waals surface area contributed by atoms with Crippen LogP contribution in [-0.4, -0.2) is 5.78 Å². The highest BCUT2D eigenvalue weighted by atomic mass is 16.1. The number of hydrogen-bond donors (Lipinski definition) is 0. The average molecular weight is 339 g/mol. The van der Waals surface area contributed by atoms with E-state index in [0.29, 0.717) is 29.0 Å². The average Bonchev–Trinajstić information content (AvgIpc) is 2.62. The van der Waals surface area contributed by atoms with Crippen LogP contribution in [0.1, 0.15) is 71.1 Å². The highest BCUT2D eigenvalue weighted by Crippen LogP contribution is 2.65. The number of carbonyl (C=O) groups excluding carboxylic acids is 1. The van der Waals surface area contributed by atoms with Crippen LogP contribution >= 0.6 is 0 Å². The van der Waals surface area contributed by atoms with Gasteiger partial charge in [0, 0.05) is 11.8 Å². The van der Waals surface area contributed by atoms with Crippen LogP contribution in [0.2, 0.25) is 0 Å². The molecule has 4 rings (SSSR count). The third-order valence-corrected chi connectivity index (χ3v) is 8.65. The Hall–Kier alpha value is -1.11. The minimum atomic E-state index is -0.0293. The summed E-state index contributed by atoms with van der Waals surface area (Å²) in [5.41, 5.74) is 2.01. The van der Waals surface area contributed by atoms with Crippen LogP contribution in [0.5, 0.6) is 0 Å². The van der Waals surface area contributed by atoms with Gasteiger partial charge in [-0.05, 0) is 86.9 Å². The third-order valence-electron chi connectivity index (χ3n) is 8.65. The van der Waals surface area contributed by atoms with E-state index < -0.39 is 0 Å². The summed E-state index contributed by atoms with van der Waals surface area (Å²) in [6.45, 7) is 10.5. The molecule has 5 unspecified atom stereocenters. The summed E-state index contributed by atoms with van der Waals surface area (Å²) < 4.78 is 0. The van der Waals surface area contributed by atoms with Gasteiger partial charge in [0.05, 0.1) is 0 Å². The Morgan fingerprint density at radius 2 is 2.04 bits per heavy atom. The van der Waals surface area contributed by atoms with Crippen LogP contribution in [0.3, 0.4) is 0 Å². The smallest absolute Gasteiger partial charge is 0.139 e. The van der Waals surface area contributed by atoms with Gasteiger partial charge in [-0.25, -0.2) is 0 Å². The highest BCUT2D eigenvalue weighted by Gasteiger charge is 2.58. The first kappa shape index (κ1) is 17.3.